The van der Waals surface area contributed by atoms with E-state index in [1.54, 1.807) is 0 Å². The molecular weight excluding hydrogens is 462 g/mol. The molecule has 0 bridgehead atoms. The topological polar surface area (TPSA) is 171 Å². The van der Waals surface area contributed by atoms with E-state index >= 15 is 0 Å². The fourth-order valence-electron chi connectivity index (χ4n) is 2.41. The quantitative estimate of drug-likeness (QED) is 0.433. The first-order valence-electron chi connectivity index (χ1n) is 9.14. The molecule has 0 spiro atoms. The van der Waals surface area contributed by atoms with E-state index in [0.717, 1.165) is 0 Å². The van der Waals surface area contributed by atoms with Crippen molar-refractivity contribution >= 4 is 37.6 Å². The lowest BCUT2D eigenvalue weighted by Gasteiger charge is -2.18. The molecule has 2 unspecified atom stereocenters. The van der Waals surface area contributed by atoms with Crippen molar-refractivity contribution in [2.24, 2.45) is 5.14 Å². The first-order valence-corrected chi connectivity index (χ1v) is 12.2. The van der Waals surface area contributed by atoms with Gasteiger partial charge < -0.3 is 14.8 Å². The molecule has 0 fully saturated rings. The van der Waals surface area contributed by atoms with E-state index in [9.17, 15) is 26.4 Å². The van der Waals surface area contributed by atoms with Crippen molar-refractivity contribution in [2.45, 2.75) is 35.8 Å². The molecule has 0 radical (unpaired) electrons. The smallest absolute Gasteiger partial charge is 0.324 e. The first kappa shape index (κ1) is 25.3. The van der Waals surface area contributed by atoms with E-state index in [-0.39, 0.29) is 15.5 Å². The highest BCUT2D eigenvalue weighted by Gasteiger charge is 2.26. The van der Waals surface area contributed by atoms with Gasteiger partial charge in [-0.25, -0.2) is 22.0 Å². The van der Waals surface area contributed by atoms with Crippen LogP contribution >= 0.6 is 0 Å². The van der Waals surface area contributed by atoms with Crippen LogP contribution in [0.25, 0.3) is 0 Å². The zero-order valence-corrected chi connectivity index (χ0v) is 19.1. The predicted molar refractivity (Wildman–Crippen MR) is 115 cm³/mol. The number of nitrogens with one attached hydrogen (secondary N) is 2. The van der Waals surface area contributed by atoms with Gasteiger partial charge in [0.05, 0.1) is 16.9 Å². The molecule has 11 nitrogen and oxygen atoms in total. The minimum Gasteiger partial charge on any atom is -0.497 e. The van der Waals surface area contributed by atoms with Gasteiger partial charge in [0.15, 0.2) is 6.10 Å². The van der Waals surface area contributed by atoms with E-state index in [2.05, 4.69) is 10.0 Å². The Morgan fingerprint density at radius 1 is 0.906 bits per heavy atom. The van der Waals surface area contributed by atoms with Gasteiger partial charge in [0.25, 0.3) is 5.91 Å². The summed E-state index contributed by atoms with van der Waals surface area (Å²) in [6, 6.07) is 9.32. The number of benzene rings is 2. The second kappa shape index (κ2) is 10.1. The third kappa shape index (κ3) is 6.75. The molecule has 0 aromatic heterocycles. The summed E-state index contributed by atoms with van der Waals surface area (Å²) in [6.07, 6.45) is -1.26. The van der Waals surface area contributed by atoms with Crippen LogP contribution < -0.4 is 19.9 Å². The normalized spacial score (nSPS) is 13.6. The van der Waals surface area contributed by atoms with Crippen molar-refractivity contribution in [1.82, 2.24) is 4.72 Å². The van der Waals surface area contributed by atoms with E-state index in [4.69, 9.17) is 14.6 Å². The Labute approximate surface area is 186 Å². The van der Waals surface area contributed by atoms with Crippen LogP contribution in [-0.2, 0) is 34.4 Å². The Kier molecular flexibility index (Phi) is 7.96. The molecule has 0 aliphatic heterocycles. The maximum Gasteiger partial charge on any atom is 0.324 e. The third-order valence-corrected chi connectivity index (χ3v) is 6.65. The van der Waals surface area contributed by atoms with E-state index < -0.39 is 44.1 Å². The van der Waals surface area contributed by atoms with Crippen LogP contribution in [0.2, 0.25) is 0 Å². The SMILES string of the molecule is COc1ccc(S(=O)(=O)NC(C)C(=O)OC(C)C(=O)Nc2ccc(S(N)(=O)=O)cc2)cc1. The lowest BCUT2D eigenvalue weighted by molar-refractivity contribution is -0.154. The maximum absolute atomic E-state index is 12.4. The summed E-state index contributed by atoms with van der Waals surface area (Å²) >= 11 is 0. The first-order chi connectivity index (χ1) is 14.8. The van der Waals surface area contributed by atoms with Crippen molar-refractivity contribution < 1.29 is 35.9 Å². The van der Waals surface area contributed by atoms with Crippen molar-refractivity contribution in [3.05, 3.63) is 48.5 Å². The lowest BCUT2D eigenvalue weighted by atomic mass is 10.3. The highest BCUT2D eigenvalue weighted by atomic mass is 32.2. The monoisotopic (exact) mass is 485 g/mol. The molecule has 2 aromatic rings. The number of anilines is 1. The Hall–Kier alpha value is -3.00. The number of carbonyl (C=O) groups excluding carboxylic acids is 2. The van der Waals surface area contributed by atoms with E-state index in [1.807, 2.05) is 0 Å². The largest absolute Gasteiger partial charge is 0.497 e. The number of amides is 1. The predicted octanol–water partition coefficient (Wildman–Crippen LogP) is 0.580. The number of rotatable bonds is 9. The van der Waals surface area contributed by atoms with Gasteiger partial charge in [-0.3, -0.25) is 9.59 Å². The van der Waals surface area contributed by atoms with Gasteiger partial charge in [-0.2, -0.15) is 4.72 Å². The molecule has 0 aliphatic carbocycles. The Morgan fingerprint density at radius 3 is 1.94 bits per heavy atom. The molecule has 0 saturated carbocycles. The third-order valence-electron chi connectivity index (χ3n) is 4.17. The van der Waals surface area contributed by atoms with Gasteiger partial charge in [0.2, 0.25) is 20.0 Å². The number of nitrogens with two attached hydrogens (primary N) is 1. The van der Waals surface area contributed by atoms with Crippen molar-refractivity contribution in [3.63, 3.8) is 0 Å². The number of esters is 1. The highest BCUT2D eigenvalue weighted by molar-refractivity contribution is 7.89. The molecule has 0 heterocycles. The van der Waals surface area contributed by atoms with E-state index in [0.29, 0.717) is 5.75 Å². The molecule has 2 rings (SSSR count). The number of carbonyl (C=O) groups is 2. The van der Waals surface area contributed by atoms with Gasteiger partial charge in [-0.05, 0) is 62.4 Å². The van der Waals surface area contributed by atoms with Crippen molar-refractivity contribution in [1.29, 1.82) is 0 Å². The summed E-state index contributed by atoms with van der Waals surface area (Å²) in [4.78, 5) is 24.3. The summed E-state index contributed by atoms with van der Waals surface area (Å²) in [5, 5.41) is 7.45. The van der Waals surface area contributed by atoms with Crippen LogP contribution in [0.4, 0.5) is 5.69 Å². The molecular formula is C19H23N3O8S2. The molecule has 13 heteroatoms. The number of hydrogen-bond donors (Lipinski definition) is 3. The van der Waals surface area contributed by atoms with Crippen LogP contribution in [0.5, 0.6) is 5.75 Å². The Morgan fingerprint density at radius 2 is 1.44 bits per heavy atom. The van der Waals surface area contributed by atoms with Crippen LogP contribution in [-0.4, -0.2) is 48.0 Å². The van der Waals surface area contributed by atoms with Crippen molar-refractivity contribution in [2.75, 3.05) is 12.4 Å². The highest BCUT2D eigenvalue weighted by Crippen LogP contribution is 2.16. The number of ether oxygens (including phenoxy) is 2. The summed E-state index contributed by atoms with van der Waals surface area (Å²) in [6.45, 7) is 2.58. The average molecular weight is 486 g/mol. The number of sulfonamides is 2. The lowest BCUT2D eigenvalue weighted by Crippen LogP contribution is -2.42. The zero-order chi connectivity index (χ0) is 24.1. The second-order valence-corrected chi connectivity index (χ2v) is 9.93. The summed E-state index contributed by atoms with van der Waals surface area (Å²) in [5.41, 5.74) is 0.249. The minimum atomic E-state index is -4.02. The fourth-order valence-corrected chi connectivity index (χ4v) is 4.11. The average Bonchev–Trinajstić information content (AvgIpc) is 2.73. The molecule has 2 atom stereocenters. The standard InChI is InChI=1S/C19H23N3O8S2/c1-12(22-32(27,28)17-10-6-15(29-3)7-11-17)19(24)30-13(2)18(23)21-14-4-8-16(9-5-14)31(20,25)26/h4-13,22H,1-3H3,(H,21,23)(H2,20,25,26). The van der Waals surface area contributed by atoms with Crippen LogP contribution in [0.3, 0.4) is 0 Å². The molecule has 0 saturated heterocycles. The molecule has 174 valence electrons. The van der Waals surface area contributed by atoms with Crippen LogP contribution in [0, 0.1) is 0 Å². The maximum atomic E-state index is 12.4. The second-order valence-electron chi connectivity index (χ2n) is 6.66. The van der Waals surface area contributed by atoms with Gasteiger partial charge in [0.1, 0.15) is 11.8 Å². The summed E-state index contributed by atoms with van der Waals surface area (Å²) < 4.78 is 59.5. The summed E-state index contributed by atoms with van der Waals surface area (Å²) in [5.74, 6) is -1.20. The molecule has 0 aliphatic rings. The van der Waals surface area contributed by atoms with Gasteiger partial charge in [0, 0.05) is 5.69 Å². The Bertz CT molecular complexity index is 1180. The fraction of sp³-hybridized carbons (Fsp3) is 0.263. The Balaban J connectivity index is 1.95. The van der Waals surface area contributed by atoms with E-state index in [1.165, 1.54) is 69.5 Å². The van der Waals surface area contributed by atoms with Crippen LogP contribution in [0.15, 0.2) is 58.3 Å². The number of hydrogen-bond acceptors (Lipinski definition) is 8. The molecule has 2 aromatic carbocycles. The molecule has 4 N–H and O–H groups in total. The van der Waals surface area contributed by atoms with Gasteiger partial charge >= 0.3 is 5.97 Å². The summed E-state index contributed by atoms with van der Waals surface area (Å²) in [7, 11) is -6.45. The minimum absolute atomic E-state index is 0.0771. The van der Waals surface area contributed by atoms with Gasteiger partial charge in [-0.1, -0.05) is 0 Å². The molecule has 1 amide bonds. The van der Waals surface area contributed by atoms with Gasteiger partial charge in [-0.15, -0.1) is 0 Å². The number of primary sulfonamides is 1. The number of methoxy groups -OCH3 is 1. The van der Waals surface area contributed by atoms with Crippen LogP contribution in [0.1, 0.15) is 13.8 Å². The molecule has 32 heavy (non-hydrogen) atoms. The zero-order valence-electron chi connectivity index (χ0n) is 17.4. The van der Waals surface area contributed by atoms with Crippen molar-refractivity contribution in [3.8, 4) is 5.75 Å².